The fraction of sp³-hybridized carbons (Fsp3) is 0.375. The van der Waals surface area contributed by atoms with Crippen molar-refractivity contribution in [1.82, 2.24) is 9.62 Å². The van der Waals surface area contributed by atoms with Crippen LogP contribution in [0.5, 0.6) is 0 Å². The Hall–Kier alpha value is -2.17. The number of amides is 1. The fourth-order valence-corrected chi connectivity index (χ4v) is 3.36. The van der Waals surface area contributed by atoms with Gasteiger partial charge in [-0.15, -0.1) is 0 Å². The average molecular weight is 333 g/mol. The highest BCUT2D eigenvalue weighted by Gasteiger charge is 2.24. The van der Waals surface area contributed by atoms with E-state index in [9.17, 15) is 13.2 Å². The molecule has 1 N–H and O–H groups in total. The molecule has 0 aromatic heterocycles. The number of carbonyl (C=O) groups excluding carboxylic acids is 1. The Morgan fingerprint density at radius 2 is 2.26 bits per heavy atom. The topological polar surface area (TPSA) is 90.3 Å². The predicted molar refractivity (Wildman–Crippen MR) is 87.8 cm³/mol. The molecule has 1 saturated heterocycles. The summed E-state index contributed by atoms with van der Waals surface area (Å²) in [6, 6.07) is 8.79. The smallest absolute Gasteiger partial charge is 0.246 e. The maximum atomic E-state index is 12.2. The SMILES string of the molecule is CS(=O)(=O)NC1CCCN(C(=O)C=Cc2cccc(C#N)c2)C1. The van der Waals surface area contributed by atoms with Crippen molar-refractivity contribution >= 4 is 22.0 Å². The molecule has 122 valence electrons. The maximum Gasteiger partial charge on any atom is 0.246 e. The monoisotopic (exact) mass is 333 g/mol. The number of hydrogen-bond donors (Lipinski definition) is 1. The lowest BCUT2D eigenvalue weighted by Crippen LogP contribution is -2.48. The lowest BCUT2D eigenvalue weighted by molar-refractivity contribution is -0.127. The third kappa shape index (κ3) is 5.51. The molecule has 0 bridgehead atoms. The Balaban J connectivity index is 1.99. The Bertz CT molecular complexity index is 750. The van der Waals surface area contributed by atoms with E-state index in [-0.39, 0.29) is 11.9 Å². The number of likely N-dealkylation sites (tertiary alicyclic amines) is 1. The number of carbonyl (C=O) groups is 1. The summed E-state index contributed by atoms with van der Waals surface area (Å²) in [4.78, 5) is 13.9. The first-order chi connectivity index (χ1) is 10.9. The second-order valence-electron chi connectivity index (χ2n) is 5.58. The van der Waals surface area contributed by atoms with E-state index in [1.54, 1.807) is 29.2 Å². The van der Waals surface area contributed by atoms with Crippen molar-refractivity contribution in [3.05, 3.63) is 41.5 Å². The Morgan fingerprint density at radius 1 is 1.48 bits per heavy atom. The normalized spacial score (nSPS) is 18.8. The Labute approximate surface area is 136 Å². The molecule has 7 heteroatoms. The number of nitriles is 1. The van der Waals surface area contributed by atoms with Gasteiger partial charge in [0.05, 0.1) is 17.9 Å². The molecule has 0 spiro atoms. The van der Waals surface area contributed by atoms with Gasteiger partial charge in [0.15, 0.2) is 0 Å². The molecule has 1 aromatic rings. The zero-order chi connectivity index (χ0) is 16.9. The van der Waals surface area contributed by atoms with Gasteiger partial charge in [-0.25, -0.2) is 13.1 Å². The molecule has 1 unspecified atom stereocenters. The van der Waals surface area contributed by atoms with Crippen LogP contribution >= 0.6 is 0 Å². The Kier molecular flexibility index (Phi) is 5.53. The van der Waals surface area contributed by atoms with Crippen LogP contribution in [0, 0.1) is 11.3 Å². The van der Waals surface area contributed by atoms with E-state index in [0.717, 1.165) is 24.7 Å². The third-order valence-corrected chi connectivity index (χ3v) is 4.31. The molecule has 1 aromatic carbocycles. The summed E-state index contributed by atoms with van der Waals surface area (Å²) < 4.78 is 25.1. The minimum Gasteiger partial charge on any atom is -0.338 e. The standard InChI is InChI=1S/C16H19N3O3S/c1-23(21,22)18-15-6-3-9-19(12-15)16(20)8-7-13-4-2-5-14(10-13)11-17/h2,4-5,7-8,10,15,18H,3,6,9,12H2,1H3. The zero-order valence-electron chi connectivity index (χ0n) is 12.9. The van der Waals surface area contributed by atoms with E-state index in [0.29, 0.717) is 18.7 Å². The van der Waals surface area contributed by atoms with Gasteiger partial charge in [0, 0.05) is 25.2 Å². The summed E-state index contributed by atoms with van der Waals surface area (Å²) in [6.07, 6.45) is 5.73. The van der Waals surface area contributed by atoms with Gasteiger partial charge in [-0.1, -0.05) is 12.1 Å². The van der Waals surface area contributed by atoms with Crippen molar-refractivity contribution in [2.24, 2.45) is 0 Å². The summed E-state index contributed by atoms with van der Waals surface area (Å²) in [5, 5.41) is 8.86. The second kappa shape index (κ2) is 7.40. The van der Waals surface area contributed by atoms with Crippen molar-refractivity contribution in [3.8, 4) is 6.07 Å². The highest BCUT2D eigenvalue weighted by atomic mass is 32.2. The zero-order valence-corrected chi connectivity index (χ0v) is 13.7. The molecule has 0 saturated carbocycles. The van der Waals surface area contributed by atoms with Crippen molar-refractivity contribution in [1.29, 1.82) is 5.26 Å². The van der Waals surface area contributed by atoms with Crippen LogP contribution < -0.4 is 4.72 Å². The molecule has 0 aliphatic carbocycles. The molecular formula is C16H19N3O3S. The molecule has 1 fully saturated rings. The fourth-order valence-electron chi connectivity index (χ4n) is 2.56. The van der Waals surface area contributed by atoms with Crippen molar-refractivity contribution < 1.29 is 13.2 Å². The van der Waals surface area contributed by atoms with E-state index in [2.05, 4.69) is 10.8 Å². The number of nitrogens with one attached hydrogen (secondary N) is 1. The lowest BCUT2D eigenvalue weighted by atomic mass is 10.1. The van der Waals surface area contributed by atoms with E-state index in [1.807, 2.05) is 6.07 Å². The molecule has 23 heavy (non-hydrogen) atoms. The van der Waals surface area contributed by atoms with Gasteiger partial charge in [0.1, 0.15) is 0 Å². The molecule has 1 heterocycles. The van der Waals surface area contributed by atoms with Crippen molar-refractivity contribution in [2.45, 2.75) is 18.9 Å². The largest absolute Gasteiger partial charge is 0.338 e. The first-order valence-electron chi connectivity index (χ1n) is 7.32. The quantitative estimate of drug-likeness (QED) is 0.836. The molecule has 6 nitrogen and oxygen atoms in total. The van der Waals surface area contributed by atoms with Gasteiger partial charge in [0.25, 0.3) is 0 Å². The molecular weight excluding hydrogens is 314 g/mol. The van der Waals surface area contributed by atoms with Crippen LogP contribution in [0.2, 0.25) is 0 Å². The molecule has 1 aliphatic heterocycles. The molecule has 0 radical (unpaired) electrons. The molecule has 1 aliphatic rings. The van der Waals surface area contributed by atoms with Crippen molar-refractivity contribution in [3.63, 3.8) is 0 Å². The summed E-state index contributed by atoms with van der Waals surface area (Å²) in [5.74, 6) is -0.160. The highest BCUT2D eigenvalue weighted by molar-refractivity contribution is 7.88. The number of piperidine rings is 1. The highest BCUT2D eigenvalue weighted by Crippen LogP contribution is 2.12. The third-order valence-electron chi connectivity index (χ3n) is 3.55. The van der Waals surface area contributed by atoms with E-state index in [4.69, 9.17) is 5.26 Å². The van der Waals surface area contributed by atoms with Gasteiger partial charge in [-0.05, 0) is 36.6 Å². The summed E-state index contributed by atoms with van der Waals surface area (Å²) in [6.45, 7) is 0.984. The summed E-state index contributed by atoms with van der Waals surface area (Å²) in [5.41, 5.74) is 1.32. The van der Waals surface area contributed by atoms with Gasteiger partial charge in [-0.2, -0.15) is 5.26 Å². The predicted octanol–water partition coefficient (Wildman–Crippen LogP) is 1.11. The number of rotatable bonds is 4. The maximum absolute atomic E-state index is 12.2. The van der Waals surface area contributed by atoms with Gasteiger partial charge < -0.3 is 4.90 Å². The minimum absolute atomic E-state index is 0.160. The average Bonchev–Trinajstić information content (AvgIpc) is 2.51. The number of benzene rings is 1. The summed E-state index contributed by atoms with van der Waals surface area (Å²) in [7, 11) is -3.27. The van der Waals surface area contributed by atoms with Crippen LogP contribution in [0.25, 0.3) is 6.08 Å². The van der Waals surface area contributed by atoms with E-state index >= 15 is 0 Å². The van der Waals surface area contributed by atoms with Crippen LogP contribution in [-0.2, 0) is 14.8 Å². The van der Waals surface area contributed by atoms with Crippen LogP contribution in [0.4, 0.5) is 0 Å². The minimum atomic E-state index is -3.27. The van der Waals surface area contributed by atoms with E-state index in [1.165, 1.54) is 6.08 Å². The van der Waals surface area contributed by atoms with Crippen molar-refractivity contribution in [2.75, 3.05) is 19.3 Å². The number of nitrogens with zero attached hydrogens (tertiary/aromatic N) is 2. The van der Waals surface area contributed by atoms with Crippen LogP contribution in [-0.4, -0.2) is 44.6 Å². The first kappa shape index (κ1) is 17.2. The molecule has 2 rings (SSSR count). The van der Waals surface area contributed by atoms with Crippen LogP contribution in [0.1, 0.15) is 24.0 Å². The number of hydrogen-bond acceptors (Lipinski definition) is 4. The number of sulfonamides is 1. The van der Waals surface area contributed by atoms with Gasteiger partial charge in [0.2, 0.25) is 15.9 Å². The summed E-state index contributed by atoms with van der Waals surface area (Å²) >= 11 is 0. The van der Waals surface area contributed by atoms with Crippen LogP contribution in [0.15, 0.2) is 30.3 Å². The lowest BCUT2D eigenvalue weighted by Gasteiger charge is -2.32. The van der Waals surface area contributed by atoms with Crippen LogP contribution in [0.3, 0.4) is 0 Å². The molecule has 1 amide bonds. The van der Waals surface area contributed by atoms with E-state index < -0.39 is 10.0 Å². The Morgan fingerprint density at radius 3 is 2.96 bits per heavy atom. The van der Waals surface area contributed by atoms with Gasteiger partial charge >= 0.3 is 0 Å². The first-order valence-corrected chi connectivity index (χ1v) is 9.21. The van der Waals surface area contributed by atoms with Gasteiger partial charge in [-0.3, -0.25) is 4.79 Å². The second-order valence-corrected chi connectivity index (χ2v) is 7.36. The molecule has 1 atom stereocenters.